The Kier molecular flexibility index (Phi) is 5.73. The number of non-ortho nitro benzene ring substituents is 1. The van der Waals surface area contributed by atoms with Crippen LogP contribution in [0.15, 0.2) is 48.5 Å². The van der Waals surface area contributed by atoms with Gasteiger partial charge in [0.2, 0.25) is 0 Å². The molecule has 1 aliphatic carbocycles. The van der Waals surface area contributed by atoms with Crippen molar-refractivity contribution in [2.75, 3.05) is 0 Å². The van der Waals surface area contributed by atoms with Gasteiger partial charge in [-0.15, -0.1) is 0 Å². The molecule has 1 saturated heterocycles. The monoisotopic (exact) mass is 441 g/mol. The molecule has 0 bridgehead atoms. The highest BCUT2D eigenvalue weighted by atomic mass is 35.5. The molecule has 3 amide bonds. The summed E-state index contributed by atoms with van der Waals surface area (Å²) in [5, 5.41) is 13.4. The number of amides is 3. The number of fused-ring (bicyclic) bond motifs is 1. The molecule has 8 nitrogen and oxygen atoms in total. The maximum Gasteiger partial charge on any atom is 0.273 e. The Morgan fingerprint density at radius 2 is 1.61 bits per heavy atom. The van der Waals surface area contributed by atoms with Crippen molar-refractivity contribution in [3.8, 4) is 0 Å². The smallest absolute Gasteiger partial charge is 0.272 e. The summed E-state index contributed by atoms with van der Waals surface area (Å²) in [6, 6.07) is 12.0. The molecule has 2 aromatic carbocycles. The maximum atomic E-state index is 13.4. The van der Waals surface area contributed by atoms with Crippen LogP contribution in [0.5, 0.6) is 0 Å². The van der Waals surface area contributed by atoms with Crippen LogP contribution in [0.25, 0.3) is 0 Å². The summed E-state index contributed by atoms with van der Waals surface area (Å²) < 4.78 is 0. The predicted molar refractivity (Wildman–Crippen MR) is 112 cm³/mol. The van der Waals surface area contributed by atoms with Crippen molar-refractivity contribution in [2.45, 2.75) is 32.2 Å². The molecule has 2 aliphatic rings. The summed E-state index contributed by atoms with van der Waals surface area (Å²) >= 11 is 6.27. The quantitative estimate of drug-likeness (QED) is 0.397. The lowest BCUT2D eigenvalue weighted by atomic mass is 9.81. The Morgan fingerprint density at radius 3 is 2.16 bits per heavy atom. The molecular weight excluding hydrogens is 422 g/mol. The third kappa shape index (κ3) is 3.90. The number of nitro groups is 1. The standard InChI is InChI=1S/C22H20ClN3O5/c23-19-8-4-1-5-15(19)13-24(20(27)14-9-11-16(12-10-14)26(30)31)25-21(28)17-6-2-3-7-18(17)22(25)29/h1,4-5,8-12,17-18H,2-3,6-7,13H2/t17-,18-/m0/s1. The van der Waals surface area contributed by atoms with Gasteiger partial charge in [-0.2, -0.15) is 5.01 Å². The van der Waals surface area contributed by atoms with E-state index in [2.05, 4.69) is 0 Å². The van der Waals surface area contributed by atoms with Gasteiger partial charge < -0.3 is 0 Å². The lowest BCUT2D eigenvalue weighted by Gasteiger charge is -2.31. The molecule has 1 heterocycles. The van der Waals surface area contributed by atoms with E-state index in [4.69, 9.17) is 11.6 Å². The SMILES string of the molecule is O=C(c1ccc([N+](=O)[O-])cc1)N(Cc1ccccc1Cl)N1C(=O)[C@H]2CCCC[C@@H]2C1=O. The van der Waals surface area contributed by atoms with E-state index < -0.39 is 22.7 Å². The zero-order chi connectivity index (χ0) is 22.1. The number of benzene rings is 2. The minimum absolute atomic E-state index is 0.0770. The Hall–Kier alpha value is -3.26. The number of hydrogen-bond acceptors (Lipinski definition) is 5. The molecule has 0 aromatic heterocycles. The van der Waals surface area contributed by atoms with Gasteiger partial charge in [0, 0.05) is 22.7 Å². The van der Waals surface area contributed by atoms with E-state index in [1.165, 1.54) is 24.3 Å². The third-order valence-corrected chi connectivity index (χ3v) is 6.27. The van der Waals surface area contributed by atoms with Gasteiger partial charge in [-0.05, 0) is 36.6 Å². The molecular formula is C22H20ClN3O5. The van der Waals surface area contributed by atoms with E-state index in [9.17, 15) is 24.5 Å². The molecule has 4 rings (SSSR count). The molecule has 1 saturated carbocycles. The van der Waals surface area contributed by atoms with Crippen LogP contribution in [-0.2, 0) is 16.1 Å². The highest BCUT2D eigenvalue weighted by Crippen LogP contribution is 2.39. The highest BCUT2D eigenvalue weighted by molar-refractivity contribution is 6.31. The van der Waals surface area contributed by atoms with Crippen LogP contribution in [0.2, 0.25) is 5.02 Å². The first kappa shape index (κ1) is 21.0. The normalized spacial score (nSPS) is 20.5. The first-order valence-corrected chi connectivity index (χ1v) is 10.4. The van der Waals surface area contributed by atoms with Crippen LogP contribution >= 0.6 is 11.6 Å². The van der Waals surface area contributed by atoms with Crippen LogP contribution in [0.1, 0.15) is 41.6 Å². The summed E-state index contributed by atoms with van der Waals surface area (Å²) in [6.07, 6.45) is 2.98. The number of nitro benzene ring substituents is 1. The van der Waals surface area contributed by atoms with Crippen molar-refractivity contribution in [2.24, 2.45) is 11.8 Å². The molecule has 2 aromatic rings. The summed E-state index contributed by atoms with van der Waals surface area (Å²) in [6.45, 7) is -0.0770. The van der Waals surface area contributed by atoms with E-state index >= 15 is 0 Å². The third-order valence-electron chi connectivity index (χ3n) is 5.90. The Bertz CT molecular complexity index is 1030. The fourth-order valence-corrected chi connectivity index (χ4v) is 4.47. The Morgan fingerprint density at radius 1 is 1.03 bits per heavy atom. The van der Waals surface area contributed by atoms with Crippen LogP contribution in [0.3, 0.4) is 0 Å². The number of nitrogens with zero attached hydrogens (tertiary/aromatic N) is 3. The molecule has 31 heavy (non-hydrogen) atoms. The minimum atomic E-state index is -0.602. The molecule has 1 aliphatic heterocycles. The average molecular weight is 442 g/mol. The number of rotatable bonds is 5. The van der Waals surface area contributed by atoms with Crippen molar-refractivity contribution < 1.29 is 19.3 Å². The minimum Gasteiger partial charge on any atom is -0.272 e. The molecule has 2 fully saturated rings. The molecule has 0 spiro atoms. The first-order valence-electron chi connectivity index (χ1n) is 10.1. The van der Waals surface area contributed by atoms with Gasteiger partial charge in [-0.1, -0.05) is 42.6 Å². The molecule has 0 N–H and O–H groups in total. The molecule has 160 valence electrons. The summed E-state index contributed by atoms with van der Waals surface area (Å²) in [5.74, 6) is -2.19. The first-order chi connectivity index (χ1) is 14.9. The second-order valence-corrected chi connectivity index (χ2v) is 8.15. The van der Waals surface area contributed by atoms with Gasteiger partial charge in [0.05, 0.1) is 23.3 Å². The Labute approximate surface area is 183 Å². The van der Waals surface area contributed by atoms with Crippen molar-refractivity contribution >= 4 is 35.0 Å². The van der Waals surface area contributed by atoms with Gasteiger partial charge in [0.15, 0.2) is 0 Å². The van der Waals surface area contributed by atoms with Gasteiger partial charge in [0.25, 0.3) is 23.4 Å². The average Bonchev–Trinajstić information content (AvgIpc) is 3.03. The van der Waals surface area contributed by atoms with E-state index in [1.54, 1.807) is 24.3 Å². The number of carbonyl (C=O) groups excluding carboxylic acids is 3. The molecule has 9 heteroatoms. The highest BCUT2D eigenvalue weighted by Gasteiger charge is 2.51. The van der Waals surface area contributed by atoms with E-state index in [1.807, 2.05) is 0 Å². The van der Waals surface area contributed by atoms with Crippen LogP contribution in [-0.4, -0.2) is 32.7 Å². The number of hydrogen-bond donors (Lipinski definition) is 0. The summed E-state index contributed by atoms with van der Waals surface area (Å²) in [5.41, 5.74) is 0.552. The van der Waals surface area contributed by atoms with Crippen molar-refractivity contribution in [3.63, 3.8) is 0 Å². The second kappa shape index (κ2) is 8.47. The number of halogens is 1. The van der Waals surface area contributed by atoms with Crippen LogP contribution in [0, 0.1) is 22.0 Å². The summed E-state index contributed by atoms with van der Waals surface area (Å²) in [7, 11) is 0. The fourth-order valence-electron chi connectivity index (χ4n) is 4.28. The Balaban J connectivity index is 1.71. The van der Waals surface area contributed by atoms with Crippen molar-refractivity contribution in [1.82, 2.24) is 10.0 Å². The predicted octanol–water partition coefficient (Wildman–Crippen LogP) is 3.98. The lowest BCUT2D eigenvalue weighted by molar-refractivity contribution is -0.384. The van der Waals surface area contributed by atoms with E-state index in [-0.39, 0.29) is 29.6 Å². The number of imide groups is 1. The maximum absolute atomic E-state index is 13.4. The van der Waals surface area contributed by atoms with Crippen molar-refractivity contribution in [3.05, 3.63) is 74.8 Å². The van der Waals surface area contributed by atoms with Gasteiger partial charge in [-0.3, -0.25) is 24.5 Å². The van der Waals surface area contributed by atoms with E-state index in [0.29, 0.717) is 23.4 Å². The molecule has 2 atom stereocenters. The topological polar surface area (TPSA) is 101 Å². The number of carbonyl (C=O) groups is 3. The largest absolute Gasteiger partial charge is 0.273 e. The van der Waals surface area contributed by atoms with Gasteiger partial charge in [0.1, 0.15) is 0 Å². The fraction of sp³-hybridized carbons (Fsp3) is 0.318. The zero-order valence-electron chi connectivity index (χ0n) is 16.6. The van der Waals surface area contributed by atoms with Gasteiger partial charge >= 0.3 is 0 Å². The van der Waals surface area contributed by atoms with Gasteiger partial charge in [-0.25, -0.2) is 5.01 Å². The zero-order valence-corrected chi connectivity index (χ0v) is 17.3. The van der Waals surface area contributed by atoms with Crippen molar-refractivity contribution in [1.29, 1.82) is 0 Å². The van der Waals surface area contributed by atoms with E-state index in [0.717, 1.165) is 22.9 Å². The molecule has 0 radical (unpaired) electrons. The van der Waals surface area contributed by atoms with Crippen LogP contribution in [0.4, 0.5) is 5.69 Å². The molecule has 0 unspecified atom stereocenters. The number of hydrazine groups is 1. The lowest BCUT2D eigenvalue weighted by Crippen LogP contribution is -2.49. The second-order valence-electron chi connectivity index (χ2n) is 7.74. The summed E-state index contributed by atoms with van der Waals surface area (Å²) in [4.78, 5) is 50.0. The van der Waals surface area contributed by atoms with Crippen LogP contribution < -0.4 is 0 Å².